The van der Waals surface area contributed by atoms with Crippen molar-refractivity contribution in [3.8, 4) is 12.3 Å². The van der Waals surface area contributed by atoms with Crippen molar-refractivity contribution >= 4 is 11.7 Å². The van der Waals surface area contributed by atoms with Crippen molar-refractivity contribution in [3.05, 3.63) is 35.1 Å². The molecule has 1 aromatic heterocycles. The molecule has 1 amide bonds. The van der Waals surface area contributed by atoms with Crippen LogP contribution in [0.1, 0.15) is 31.9 Å². The predicted molar refractivity (Wildman–Crippen MR) is 82.8 cm³/mol. The quantitative estimate of drug-likeness (QED) is 0.851. The van der Waals surface area contributed by atoms with Crippen LogP contribution in [0, 0.1) is 18.3 Å². The maximum Gasteiger partial charge on any atom is 0.289 e. The third kappa shape index (κ3) is 2.91. The number of fused-ring (bicyclic) bond motifs is 1. The van der Waals surface area contributed by atoms with Gasteiger partial charge in [-0.15, -0.1) is 6.42 Å². The minimum Gasteiger partial charge on any atom is -0.305 e. The number of nitrogens with one attached hydrogen (secondary N) is 1. The van der Waals surface area contributed by atoms with Crippen LogP contribution in [0.25, 0.3) is 0 Å². The molecule has 2 heterocycles. The van der Waals surface area contributed by atoms with Gasteiger partial charge in [-0.1, -0.05) is 23.6 Å². The van der Waals surface area contributed by atoms with Crippen molar-refractivity contribution in [2.75, 3.05) is 5.32 Å². The van der Waals surface area contributed by atoms with E-state index in [9.17, 15) is 13.6 Å². The third-order valence-electron chi connectivity index (χ3n) is 4.27. The molecule has 0 spiro atoms. The SMILES string of the molecule is C#CC1CC(C(=O)Nc2cc3n(n2)CCCC3(F)F)=CC=C1C. The Balaban J connectivity index is 1.77. The summed E-state index contributed by atoms with van der Waals surface area (Å²) in [7, 11) is 0. The number of hydrogen-bond donors (Lipinski definition) is 1. The van der Waals surface area contributed by atoms with Gasteiger partial charge in [0.25, 0.3) is 11.8 Å². The van der Waals surface area contributed by atoms with Crippen LogP contribution >= 0.6 is 0 Å². The number of carbonyl (C=O) groups is 1. The Morgan fingerprint density at radius 2 is 2.30 bits per heavy atom. The zero-order valence-corrected chi connectivity index (χ0v) is 12.8. The van der Waals surface area contributed by atoms with Crippen LogP contribution in [-0.4, -0.2) is 15.7 Å². The van der Waals surface area contributed by atoms with Crippen molar-refractivity contribution in [2.45, 2.75) is 38.7 Å². The summed E-state index contributed by atoms with van der Waals surface area (Å²) in [6, 6.07) is 1.25. The highest BCUT2D eigenvalue weighted by atomic mass is 19.3. The molecule has 0 fully saturated rings. The summed E-state index contributed by atoms with van der Waals surface area (Å²) in [5.74, 6) is -0.567. The highest BCUT2D eigenvalue weighted by molar-refractivity contribution is 6.03. The molecule has 1 unspecified atom stereocenters. The van der Waals surface area contributed by atoms with Crippen LogP contribution in [-0.2, 0) is 17.3 Å². The molecule has 1 aliphatic carbocycles. The fraction of sp³-hybridized carbons (Fsp3) is 0.412. The fourth-order valence-corrected chi connectivity index (χ4v) is 2.87. The van der Waals surface area contributed by atoms with Crippen LogP contribution in [0.4, 0.5) is 14.6 Å². The summed E-state index contributed by atoms with van der Waals surface area (Å²) in [4.78, 5) is 12.3. The van der Waals surface area contributed by atoms with Gasteiger partial charge < -0.3 is 5.32 Å². The standard InChI is InChI=1S/C17H17F2N3O/c1-3-12-9-13(6-5-11(12)2)16(23)20-15-10-14-17(18,19)7-4-8-22(14)21-15/h1,5-6,10,12H,4,7-9H2,2H3,(H,20,21,23). The molecule has 1 N–H and O–H groups in total. The highest BCUT2D eigenvalue weighted by Crippen LogP contribution is 2.37. The molecule has 0 radical (unpaired) electrons. The Labute approximate surface area is 133 Å². The molecule has 0 bridgehead atoms. The zero-order chi connectivity index (χ0) is 16.6. The zero-order valence-electron chi connectivity index (χ0n) is 12.8. The first-order chi connectivity index (χ1) is 10.9. The fourth-order valence-electron chi connectivity index (χ4n) is 2.87. The van der Waals surface area contributed by atoms with Gasteiger partial charge in [-0.3, -0.25) is 9.48 Å². The van der Waals surface area contributed by atoms with Crippen molar-refractivity contribution < 1.29 is 13.6 Å². The van der Waals surface area contributed by atoms with E-state index in [-0.39, 0.29) is 29.8 Å². The van der Waals surface area contributed by atoms with Crippen LogP contribution < -0.4 is 5.32 Å². The van der Waals surface area contributed by atoms with Gasteiger partial charge in [0.05, 0.1) is 0 Å². The van der Waals surface area contributed by atoms with E-state index >= 15 is 0 Å². The van der Waals surface area contributed by atoms with E-state index in [1.54, 1.807) is 6.08 Å². The first-order valence-corrected chi connectivity index (χ1v) is 7.51. The summed E-state index contributed by atoms with van der Waals surface area (Å²) in [5, 5.41) is 6.65. The monoisotopic (exact) mass is 317 g/mol. The Kier molecular flexibility index (Phi) is 3.80. The van der Waals surface area contributed by atoms with Crippen LogP contribution in [0.15, 0.2) is 29.4 Å². The average molecular weight is 317 g/mol. The number of terminal acetylenes is 1. The number of hydrogen-bond acceptors (Lipinski definition) is 2. The van der Waals surface area contributed by atoms with E-state index < -0.39 is 5.92 Å². The van der Waals surface area contributed by atoms with Crippen molar-refractivity contribution in [1.82, 2.24) is 9.78 Å². The molecule has 4 nitrogen and oxygen atoms in total. The number of aryl methyl sites for hydroxylation is 1. The lowest BCUT2D eigenvalue weighted by atomic mass is 9.88. The van der Waals surface area contributed by atoms with E-state index in [0.717, 1.165) is 5.57 Å². The second kappa shape index (κ2) is 5.65. The normalized spacial score (nSPS) is 22.4. The second-order valence-corrected chi connectivity index (χ2v) is 5.93. The summed E-state index contributed by atoms with van der Waals surface area (Å²) in [5.41, 5.74) is 1.41. The van der Waals surface area contributed by atoms with Crippen LogP contribution in [0.3, 0.4) is 0 Å². The molecular formula is C17H17F2N3O. The number of aromatic nitrogens is 2. The molecule has 2 aliphatic rings. The molecule has 0 saturated carbocycles. The number of halogens is 2. The van der Waals surface area contributed by atoms with Crippen molar-refractivity contribution in [2.24, 2.45) is 5.92 Å². The molecule has 3 rings (SSSR count). The van der Waals surface area contributed by atoms with E-state index in [0.29, 0.717) is 25.0 Å². The summed E-state index contributed by atoms with van der Waals surface area (Å²) in [6.45, 7) is 2.35. The Bertz CT molecular complexity index is 752. The topological polar surface area (TPSA) is 46.9 Å². The highest BCUT2D eigenvalue weighted by Gasteiger charge is 2.38. The molecule has 1 atom stereocenters. The van der Waals surface area contributed by atoms with E-state index in [2.05, 4.69) is 16.3 Å². The molecule has 6 heteroatoms. The minimum atomic E-state index is -2.90. The Hall–Kier alpha value is -2.42. The lowest BCUT2D eigenvalue weighted by Crippen LogP contribution is -2.25. The number of amides is 1. The molecule has 0 saturated heterocycles. The molecule has 120 valence electrons. The molecular weight excluding hydrogens is 300 g/mol. The number of allylic oxidation sites excluding steroid dienone is 3. The first-order valence-electron chi connectivity index (χ1n) is 7.51. The smallest absolute Gasteiger partial charge is 0.289 e. The average Bonchev–Trinajstić information content (AvgIpc) is 2.91. The van der Waals surface area contributed by atoms with Gasteiger partial charge in [-0.25, -0.2) is 0 Å². The number of carbonyl (C=O) groups excluding carboxylic acids is 1. The van der Waals surface area contributed by atoms with Gasteiger partial charge in [-0.05, 0) is 19.8 Å². The van der Waals surface area contributed by atoms with Gasteiger partial charge >= 0.3 is 0 Å². The lowest BCUT2D eigenvalue weighted by Gasteiger charge is -2.22. The van der Waals surface area contributed by atoms with Crippen LogP contribution in [0.5, 0.6) is 0 Å². The first kappa shape index (κ1) is 15.5. The summed E-state index contributed by atoms with van der Waals surface area (Å²) < 4.78 is 28.9. The lowest BCUT2D eigenvalue weighted by molar-refractivity contribution is -0.113. The number of rotatable bonds is 2. The summed E-state index contributed by atoms with van der Waals surface area (Å²) >= 11 is 0. The van der Waals surface area contributed by atoms with E-state index in [1.165, 1.54) is 10.7 Å². The maximum atomic E-state index is 13.8. The van der Waals surface area contributed by atoms with Gasteiger partial charge in [0, 0.05) is 30.5 Å². The van der Waals surface area contributed by atoms with E-state index in [4.69, 9.17) is 6.42 Å². The maximum absolute atomic E-state index is 13.8. The van der Waals surface area contributed by atoms with Gasteiger partial charge in [0.15, 0.2) is 5.82 Å². The van der Waals surface area contributed by atoms with Crippen molar-refractivity contribution in [3.63, 3.8) is 0 Å². The van der Waals surface area contributed by atoms with Gasteiger partial charge in [-0.2, -0.15) is 13.9 Å². The second-order valence-electron chi connectivity index (χ2n) is 5.93. The molecule has 23 heavy (non-hydrogen) atoms. The van der Waals surface area contributed by atoms with Crippen LogP contribution in [0.2, 0.25) is 0 Å². The Morgan fingerprint density at radius 3 is 3.00 bits per heavy atom. The molecule has 0 aromatic carbocycles. The summed E-state index contributed by atoms with van der Waals surface area (Å²) in [6.07, 6.45) is 9.60. The number of alkyl halides is 2. The van der Waals surface area contributed by atoms with E-state index in [1.807, 2.05) is 13.0 Å². The molecule has 1 aliphatic heterocycles. The third-order valence-corrected chi connectivity index (χ3v) is 4.27. The number of nitrogens with zero attached hydrogens (tertiary/aromatic N) is 2. The Morgan fingerprint density at radius 1 is 1.52 bits per heavy atom. The predicted octanol–water partition coefficient (Wildman–Crippen LogP) is 3.23. The molecule has 1 aromatic rings. The van der Waals surface area contributed by atoms with Gasteiger partial charge in [0.1, 0.15) is 5.69 Å². The largest absolute Gasteiger partial charge is 0.305 e. The number of anilines is 1. The van der Waals surface area contributed by atoms with Crippen molar-refractivity contribution in [1.29, 1.82) is 0 Å². The van der Waals surface area contributed by atoms with Gasteiger partial charge in [0.2, 0.25) is 0 Å². The minimum absolute atomic E-state index is 0.111.